The molecule has 1 heterocycles. The molecular formula is C19H13F3N2O. The lowest BCUT2D eigenvalue weighted by atomic mass is 9.82. The number of rotatable bonds is 2. The molecule has 0 bridgehead atoms. The van der Waals surface area contributed by atoms with Gasteiger partial charge in [-0.05, 0) is 54.3 Å². The summed E-state index contributed by atoms with van der Waals surface area (Å²) in [6.07, 6.45) is 2.08. The number of Topliss-reactive ketones (excluding diaryl/α,β-unsaturated/α-hetero) is 1. The van der Waals surface area contributed by atoms with Gasteiger partial charge in [0.15, 0.2) is 5.78 Å². The predicted molar refractivity (Wildman–Crippen MR) is 85.3 cm³/mol. The lowest BCUT2D eigenvalue weighted by Crippen LogP contribution is -2.20. The summed E-state index contributed by atoms with van der Waals surface area (Å²) in [6.45, 7) is 0. The van der Waals surface area contributed by atoms with Gasteiger partial charge in [0.2, 0.25) is 0 Å². The van der Waals surface area contributed by atoms with Crippen LogP contribution in [0.5, 0.6) is 0 Å². The number of carbonyl (C=O) groups excluding carboxylic acids is 1. The van der Waals surface area contributed by atoms with Crippen molar-refractivity contribution in [3.8, 4) is 5.69 Å². The molecule has 3 aromatic rings. The van der Waals surface area contributed by atoms with E-state index in [1.165, 1.54) is 30.5 Å². The number of ketones is 1. The summed E-state index contributed by atoms with van der Waals surface area (Å²) in [5.41, 5.74) is 2.24. The highest BCUT2D eigenvalue weighted by molar-refractivity contribution is 5.98. The fraction of sp³-hybridized carbons (Fsp3) is 0.158. The average molecular weight is 342 g/mol. The number of hydrogen-bond acceptors (Lipinski definition) is 2. The molecule has 0 saturated heterocycles. The van der Waals surface area contributed by atoms with Crippen molar-refractivity contribution < 1.29 is 18.0 Å². The molecule has 3 nitrogen and oxygen atoms in total. The number of carbonyl (C=O) groups is 1. The van der Waals surface area contributed by atoms with E-state index in [9.17, 15) is 18.0 Å². The number of benzene rings is 2. The van der Waals surface area contributed by atoms with E-state index in [0.29, 0.717) is 28.9 Å². The van der Waals surface area contributed by atoms with E-state index < -0.39 is 11.6 Å². The number of halogens is 3. The molecule has 0 spiro atoms. The van der Waals surface area contributed by atoms with Gasteiger partial charge in [-0.1, -0.05) is 0 Å². The lowest BCUT2D eigenvalue weighted by Gasteiger charge is -2.23. The quantitative estimate of drug-likeness (QED) is 0.699. The molecule has 1 aliphatic carbocycles. The minimum Gasteiger partial charge on any atom is -0.294 e. The summed E-state index contributed by atoms with van der Waals surface area (Å²) >= 11 is 0. The Hall–Kier alpha value is -2.89. The van der Waals surface area contributed by atoms with Crippen LogP contribution in [0.25, 0.3) is 5.69 Å². The maximum absolute atomic E-state index is 13.5. The van der Waals surface area contributed by atoms with Crippen molar-refractivity contribution in [1.82, 2.24) is 9.78 Å². The van der Waals surface area contributed by atoms with E-state index >= 15 is 0 Å². The molecule has 126 valence electrons. The molecule has 2 aromatic carbocycles. The predicted octanol–water partition coefficient (Wildman–Crippen LogP) is 4.20. The molecule has 1 aromatic heterocycles. The lowest BCUT2D eigenvalue weighted by molar-refractivity contribution is 0.0963. The Labute approximate surface area is 141 Å². The van der Waals surface area contributed by atoms with Crippen LogP contribution in [0.4, 0.5) is 13.2 Å². The van der Waals surface area contributed by atoms with E-state index in [0.717, 1.165) is 6.07 Å². The highest BCUT2D eigenvalue weighted by atomic mass is 19.1. The van der Waals surface area contributed by atoms with Gasteiger partial charge in [0.1, 0.15) is 17.5 Å². The van der Waals surface area contributed by atoms with Crippen molar-refractivity contribution in [3.05, 3.63) is 82.9 Å². The van der Waals surface area contributed by atoms with Gasteiger partial charge in [-0.15, -0.1) is 0 Å². The highest BCUT2D eigenvalue weighted by Crippen LogP contribution is 2.34. The highest BCUT2D eigenvalue weighted by Gasteiger charge is 2.30. The summed E-state index contributed by atoms with van der Waals surface area (Å²) in [7, 11) is 0. The fourth-order valence-corrected chi connectivity index (χ4v) is 3.29. The third-order valence-corrected chi connectivity index (χ3v) is 4.47. The SMILES string of the molecule is O=C1C[C@H](c2cc(F)cc(F)c2)Cc2c1cnn2-c1ccc(F)cc1. The third-order valence-electron chi connectivity index (χ3n) is 4.47. The Morgan fingerprint density at radius 3 is 2.28 bits per heavy atom. The first-order valence-corrected chi connectivity index (χ1v) is 7.83. The van der Waals surface area contributed by atoms with Crippen LogP contribution in [0.15, 0.2) is 48.7 Å². The normalized spacial score (nSPS) is 16.8. The van der Waals surface area contributed by atoms with Crippen LogP contribution in [0.1, 0.15) is 34.0 Å². The van der Waals surface area contributed by atoms with Gasteiger partial charge >= 0.3 is 0 Å². The molecule has 1 atom stereocenters. The van der Waals surface area contributed by atoms with Crippen molar-refractivity contribution in [1.29, 1.82) is 0 Å². The van der Waals surface area contributed by atoms with Gasteiger partial charge in [0, 0.05) is 12.5 Å². The first-order chi connectivity index (χ1) is 12.0. The minimum absolute atomic E-state index is 0.121. The minimum atomic E-state index is -0.666. The maximum Gasteiger partial charge on any atom is 0.166 e. The van der Waals surface area contributed by atoms with Crippen LogP contribution in [-0.4, -0.2) is 15.6 Å². The van der Waals surface area contributed by atoms with Crippen molar-refractivity contribution in [2.45, 2.75) is 18.8 Å². The molecule has 0 aliphatic heterocycles. The van der Waals surface area contributed by atoms with Crippen molar-refractivity contribution >= 4 is 5.78 Å². The number of hydrogen-bond donors (Lipinski definition) is 0. The van der Waals surface area contributed by atoms with Gasteiger partial charge in [-0.2, -0.15) is 5.10 Å². The Morgan fingerprint density at radius 2 is 1.60 bits per heavy atom. The van der Waals surface area contributed by atoms with Crippen LogP contribution in [-0.2, 0) is 6.42 Å². The van der Waals surface area contributed by atoms with E-state index in [2.05, 4.69) is 5.10 Å². The van der Waals surface area contributed by atoms with Crippen LogP contribution >= 0.6 is 0 Å². The van der Waals surface area contributed by atoms with Crippen molar-refractivity contribution in [3.63, 3.8) is 0 Å². The standard InChI is InChI=1S/C19H13F3N2O/c20-13-1-3-16(4-2-13)24-18-7-12(8-19(25)17(18)10-23-24)11-5-14(21)9-15(22)6-11/h1-6,9-10,12H,7-8H2/t12-/m1/s1. The van der Waals surface area contributed by atoms with Crippen LogP contribution in [0.2, 0.25) is 0 Å². The number of fused-ring (bicyclic) bond motifs is 1. The summed E-state index contributed by atoms with van der Waals surface area (Å²) < 4.78 is 41.8. The van der Waals surface area contributed by atoms with E-state index in [1.54, 1.807) is 16.8 Å². The molecule has 6 heteroatoms. The Kier molecular flexibility index (Phi) is 3.67. The number of aromatic nitrogens is 2. The van der Waals surface area contributed by atoms with E-state index in [1.807, 2.05) is 0 Å². The van der Waals surface area contributed by atoms with Crippen LogP contribution in [0, 0.1) is 17.5 Å². The second-order valence-electron chi connectivity index (χ2n) is 6.12. The molecular weight excluding hydrogens is 329 g/mol. The zero-order valence-corrected chi connectivity index (χ0v) is 13.0. The Balaban J connectivity index is 1.75. The maximum atomic E-state index is 13.5. The molecule has 1 aliphatic rings. The molecule has 4 rings (SSSR count). The molecule has 0 N–H and O–H groups in total. The first kappa shape index (κ1) is 15.6. The zero-order valence-electron chi connectivity index (χ0n) is 13.0. The van der Waals surface area contributed by atoms with Crippen molar-refractivity contribution in [2.75, 3.05) is 0 Å². The van der Waals surface area contributed by atoms with Gasteiger partial charge in [-0.3, -0.25) is 4.79 Å². The smallest absolute Gasteiger partial charge is 0.166 e. The largest absolute Gasteiger partial charge is 0.294 e. The Bertz CT molecular complexity index is 943. The van der Waals surface area contributed by atoms with Gasteiger partial charge < -0.3 is 0 Å². The van der Waals surface area contributed by atoms with E-state index in [4.69, 9.17) is 0 Å². The molecule has 25 heavy (non-hydrogen) atoms. The van der Waals surface area contributed by atoms with Crippen LogP contribution < -0.4 is 0 Å². The van der Waals surface area contributed by atoms with Gasteiger partial charge in [0.05, 0.1) is 23.1 Å². The summed E-state index contributed by atoms with van der Waals surface area (Å²) in [5.74, 6) is -2.15. The fourth-order valence-electron chi connectivity index (χ4n) is 3.29. The molecule has 0 radical (unpaired) electrons. The Morgan fingerprint density at radius 1 is 0.920 bits per heavy atom. The molecule has 0 saturated carbocycles. The van der Waals surface area contributed by atoms with E-state index in [-0.39, 0.29) is 23.9 Å². The van der Waals surface area contributed by atoms with Gasteiger partial charge in [0.25, 0.3) is 0 Å². The van der Waals surface area contributed by atoms with Crippen LogP contribution in [0.3, 0.4) is 0 Å². The summed E-state index contributed by atoms with van der Waals surface area (Å²) in [6, 6.07) is 9.08. The van der Waals surface area contributed by atoms with Gasteiger partial charge in [-0.25, -0.2) is 17.9 Å². The second kappa shape index (κ2) is 5.88. The second-order valence-corrected chi connectivity index (χ2v) is 6.12. The topological polar surface area (TPSA) is 34.9 Å². The zero-order chi connectivity index (χ0) is 17.6. The molecule has 0 amide bonds. The molecule has 0 unspecified atom stereocenters. The monoisotopic (exact) mass is 342 g/mol. The van der Waals surface area contributed by atoms with Crippen molar-refractivity contribution in [2.24, 2.45) is 0 Å². The third kappa shape index (κ3) is 2.84. The first-order valence-electron chi connectivity index (χ1n) is 7.83. The molecule has 0 fully saturated rings. The summed E-state index contributed by atoms with van der Waals surface area (Å²) in [5, 5.41) is 4.24. The summed E-state index contributed by atoms with van der Waals surface area (Å²) in [4.78, 5) is 12.4. The number of nitrogens with zero attached hydrogens (tertiary/aromatic N) is 2. The average Bonchev–Trinajstić information content (AvgIpc) is 2.99.